The lowest BCUT2D eigenvalue weighted by molar-refractivity contribution is -0.245. The molecule has 1 aliphatic rings. The number of thioether (sulfide) groups is 1. The van der Waals surface area contributed by atoms with Gasteiger partial charge < -0.3 is 25.2 Å². The van der Waals surface area contributed by atoms with Crippen LogP contribution in [0.3, 0.4) is 0 Å². The van der Waals surface area contributed by atoms with Crippen LogP contribution < -0.4 is 10.6 Å². The maximum absolute atomic E-state index is 11.8. The fourth-order valence-electron chi connectivity index (χ4n) is 4.63. The molecule has 0 spiro atoms. The van der Waals surface area contributed by atoms with E-state index < -0.39 is 6.29 Å². The van der Waals surface area contributed by atoms with Crippen molar-refractivity contribution in [2.75, 3.05) is 12.3 Å². The van der Waals surface area contributed by atoms with Crippen molar-refractivity contribution in [3.8, 4) is 11.1 Å². The molecule has 1 fully saturated rings. The number of aromatic nitrogens is 4. The van der Waals surface area contributed by atoms with E-state index in [-0.39, 0.29) is 24.8 Å². The highest BCUT2D eigenvalue weighted by Gasteiger charge is 2.32. The lowest BCUT2D eigenvalue weighted by atomic mass is 9.99. The molecule has 0 aliphatic carbocycles. The van der Waals surface area contributed by atoms with E-state index in [1.54, 1.807) is 16.4 Å². The van der Waals surface area contributed by atoms with E-state index in [4.69, 9.17) is 9.47 Å². The highest BCUT2D eigenvalue weighted by atomic mass is 32.2. The lowest BCUT2D eigenvalue weighted by Gasteiger charge is -2.36. The summed E-state index contributed by atoms with van der Waals surface area (Å²) in [4.78, 5) is 11.8. The lowest BCUT2D eigenvalue weighted by Crippen LogP contribution is -2.34. The van der Waals surface area contributed by atoms with E-state index in [0.29, 0.717) is 25.3 Å². The number of benzene rings is 3. The Hall–Kier alpha value is -3.77. The molecule has 214 valence electrons. The zero-order valence-electron chi connectivity index (χ0n) is 23.1. The standard InChI is InChI=1S/C30H34N6O4S/c1-3-31-29(38)32-17-21-5-4-6-25(15-21)22-11-13-24(14-12-22)28-39-26(19-41-30-33-34-35-36(30)2)16-27(40-28)23-9-7-20(18-37)8-10-23/h4-15,26-28,37H,3,16-19H2,1-2H3,(H2,31,32,38)/t26-,27+,28+/m1/s1. The first kappa shape index (κ1) is 28.7. The average Bonchev–Trinajstić information content (AvgIpc) is 3.43. The van der Waals surface area contributed by atoms with Crippen molar-refractivity contribution in [3.05, 3.63) is 95.1 Å². The van der Waals surface area contributed by atoms with Crippen LogP contribution in [0, 0.1) is 0 Å². The number of aliphatic hydroxyl groups is 1. The van der Waals surface area contributed by atoms with Crippen LogP contribution in [0.15, 0.2) is 78.0 Å². The topological polar surface area (TPSA) is 123 Å². The minimum Gasteiger partial charge on any atom is -0.392 e. The summed E-state index contributed by atoms with van der Waals surface area (Å²) >= 11 is 1.55. The Bertz CT molecular complexity index is 1430. The Morgan fingerprint density at radius 2 is 1.78 bits per heavy atom. The summed E-state index contributed by atoms with van der Waals surface area (Å²) in [6.07, 6.45) is -0.121. The van der Waals surface area contributed by atoms with Crippen LogP contribution in [-0.2, 0) is 29.7 Å². The smallest absolute Gasteiger partial charge is 0.315 e. The van der Waals surface area contributed by atoms with Crippen molar-refractivity contribution >= 4 is 17.8 Å². The first-order chi connectivity index (χ1) is 20.0. The van der Waals surface area contributed by atoms with E-state index in [1.165, 1.54) is 0 Å². The van der Waals surface area contributed by atoms with Gasteiger partial charge in [0.05, 0.1) is 18.8 Å². The number of amides is 2. The SMILES string of the molecule is CCNC(=O)NCc1cccc(-c2ccc([C@H]3O[C@@H](CSc4nnnn4C)C[C@@H](c4ccc(CO)cc4)O3)cc2)c1. The summed E-state index contributed by atoms with van der Waals surface area (Å²) in [5, 5.41) is 27.5. The average molecular weight is 575 g/mol. The Balaban J connectivity index is 1.31. The van der Waals surface area contributed by atoms with E-state index >= 15 is 0 Å². The first-order valence-electron chi connectivity index (χ1n) is 13.6. The van der Waals surface area contributed by atoms with Crippen molar-refractivity contribution in [1.29, 1.82) is 0 Å². The molecule has 1 aromatic heterocycles. The van der Waals surface area contributed by atoms with Crippen LogP contribution in [-0.4, -0.2) is 49.7 Å². The molecular formula is C30H34N6O4S. The zero-order valence-corrected chi connectivity index (χ0v) is 23.9. The van der Waals surface area contributed by atoms with E-state index in [2.05, 4.69) is 50.4 Å². The number of ether oxygens (including phenoxy) is 2. The Labute approximate surface area is 243 Å². The molecular weight excluding hydrogens is 540 g/mol. The highest BCUT2D eigenvalue weighted by Crippen LogP contribution is 2.39. The molecule has 3 atom stereocenters. The largest absolute Gasteiger partial charge is 0.392 e. The predicted octanol–water partition coefficient (Wildman–Crippen LogP) is 4.53. The number of aryl methyl sites for hydroxylation is 1. The van der Waals surface area contributed by atoms with Gasteiger partial charge in [0, 0.05) is 37.9 Å². The van der Waals surface area contributed by atoms with Crippen LogP contribution in [0.2, 0.25) is 0 Å². The minimum atomic E-state index is -0.545. The Morgan fingerprint density at radius 1 is 1.00 bits per heavy atom. The number of tetrazole rings is 1. The van der Waals surface area contributed by atoms with Crippen LogP contribution >= 0.6 is 11.8 Å². The fraction of sp³-hybridized carbons (Fsp3) is 0.333. The molecule has 1 saturated heterocycles. The molecule has 41 heavy (non-hydrogen) atoms. The van der Waals surface area contributed by atoms with E-state index in [0.717, 1.165) is 38.5 Å². The molecule has 4 aromatic rings. The molecule has 3 N–H and O–H groups in total. The van der Waals surface area contributed by atoms with Gasteiger partial charge >= 0.3 is 6.03 Å². The maximum Gasteiger partial charge on any atom is 0.315 e. The van der Waals surface area contributed by atoms with Gasteiger partial charge in [-0.1, -0.05) is 78.5 Å². The van der Waals surface area contributed by atoms with Gasteiger partial charge in [0.15, 0.2) is 6.29 Å². The quantitative estimate of drug-likeness (QED) is 0.236. The number of nitrogens with zero attached hydrogens (tertiary/aromatic N) is 4. The second-order valence-corrected chi connectivity index (χ2v) is 10.8. The summed E-state index contributed by atoms with van der Waals surface area (Å²) < 4.78 is 14.6. The predicted molar refractivity (Wildman–Crippen MR) is 156 cm³/mol. The summed E-state index contributed by atoms with van der Waals surface area (Å²) in [6, 6.07) is 24.0. The molecule has 3 aromatic carbocycles. The molecule has 2 heterocycles. The van der Waals surface area contributed by atoms with Gasteiger partial charge in [-0.05, 0) is 51.2 Å². The summed E-state index contributed by atoms with van der Waals surface area (Å²) in [5.74, 6) is 0.675. The van der Waals surface area contributed by atoms with E-state index in [9.17, 15) is 9.90 Å². The summed E-state index contributed by atoms with van der Waals surface area (Å²) in [5.41, 5.74) is 5.97. The normalized spacial score (nSPS) is 18.7. The van der Waals surface area contributed by atoms with Gasteiger partial charge in [-0.2, -0.15) is 0 Å². The van der Waals surface area contributed by atoms with Crippen LogP contribution in [0.25, 0.3) is 11.1 Å². The number of urea groups is 1. The van der Waals surface area contributed by atoms with Gasteiger partial charge in [-0.25, -0.2) is 9.48 Å². The third-order valence-electron chi connectivity index (χ3n) is 6.83. The Morgan fingerprint density at radius 3 is 2.49 bits per heavy atom. The van der Waals surface area contributed by atoms with Gasteiger partial charge in [-0.15, -0.1) is 5.10 Å². The number of rotatable bonds is 10. The van der Waals surface area contributed by atoms with Crippen molar-refractivity contribution < 1.29 is 19.4 Å². The van der Waals surface area contributed by atoms with Crippen molar-refractivity contribution in [2.45, 2.75) is 50.2 Å². The van der Waals surface area contributed by atoms with Gasteiger partial charge in [0.25, 0.3) is 0 Å². The third-order valence-corrected chi connectivity index (χ3v) is 7.97. The molecule has 0 unspecified atom stereocenters. The molecule has 2 amide bonds. The minimum absolute atomic E-state index is 0.00248. The number of carbonyl (C=O) groups is 1. The van der Waals surface area contributed by atoms with Gasteiger partial charge in [0.2, 0.25) is 5.16 Å². The van der Waals surface area contributed by atoms with Crippen LogP contribution in [0.1, 0.15) is 48.0 Å². The van der Waals surface area contributed by atoms with Crippen molar-refractivity contribution in [1.82, 2.24) is 30.8 Å². The molecule has 5 rings (SSSR count). The number of nitrogens with one attached hydrogen (secondary N) is 2. The zero-order chi connectivity index (χ0) is 28.6. The van der Waals surface area contributed by atoms with Crippen LogP contribution in [0.5, 0.6) is 0 Å². The number of aliphatic hydroxyl groups excluding tert-OH is 1. The molecule has 0 radical (unpaired) electrons. The number of carbonyl (C=O) groups excluding carboxylic acids is 1. The van der Waals surface area contributed by atoms with Gasteiger partial charge in [0.1, 0.15) is 0 Å². The molecule has 0 bridgehead atoms. The maximum atomic E-state index is 11.8. The van der Waals surface area contributed by atoms with E-state index in [1.807, 2.05) is 62.5 Å². The summed E-state index contributed by atoms with van der Waals surface area (Å²) in [7, 11) is 1.82. The second-order valence-electron chi connectivity index (χ2n) is 9.78. The van der Waals surface area contributed by atoms with Crippen molar-refractivity contribution in [2.24, 2.45) is 7.05 Å². The molecule has 0 saturated carbocycles. The Kier molecular flexibility index (Phi) is 9.63. The van der Waals surface area contributed by atoms with Crippen LogP contribution in [0.4, 0.5) is 4.79 Å². The molecule has 10 nitrogen and oxygen atoms in total. The second kappa shape index (κ2) is 13.7. The first-order valence-corrected chi connectivity index (χ1v) is 14.6. The van der Waals surface area contributed by atoms with Gasteiger partial charge in [-0.3, -0.25) is 0 Å². The number of hydrogen-bond donors (Lipinski definition) is 3. The fourth-order valence-corrected chi connectivity index (χ4v) is 5.50. The molecule has 1 aliphatic heterocycles. The summed E-state index contributed by atoms with van der Waals surface area (Å²) in [6.45, 7) is 2.93. The molecule has 11 heteroatoms. The third kappa shape index (κ3) is 7.50. The highest BCUT2D eigenvalue weighted by molar-refractivity contribution is 7.99. The monoisotopic (exact) mass is 574 g/mol. The number of hydrogen-bond acceptors (Lipinski definition) is 8. The van der Waals surface area contributed by atoms with Crippen molar-refractivity contribution in [3.63, 3.8) is 0 Å².